The maximum atomic E-state index is 2.37. The Morgan fingerprint density at radius 2 is 0.365 bits per heavy atom. The largest absolute Gasteiger partial charge is 0.0713 e. The zero-order valence-corrected chi connectivity index (χ0v) is 59.3. The Hall–Kier alpha value is -12.5. The van der Waals surface area contributed by atoms with Crippen LogP contribution in [0.4, 0.5) is 0 Å². The third kappa shape index (κ3) is 10.3. The number of fused-ring (bicyclic) bond motifs is 12. The van der Waals surface area contributed by atoms with Crippen molar-refractivity contribution in [3.05, 3.63) is 524 Å². The van der Waals surface area contributed by atoms with E-state index in [1.165, 1.54) is 156 Å². The second-order valence-electron chi connectivity index (χ2n) is 28.2. The van der Waals surface area contributed by atoms with Crippen LogP contribution in [0.2, 0.25) is 0 Å². The van der Waals surface area contributed by atoms with Gasteiger partial charge in [0.15, 0.2) is 0 Å². The molecule has 0 saturated carbocycles. The van der Waals surface area contributed by atoms with Crippen molar-refractivity contribution in [3.63, 3.8) is 0 Å². The van der Waals surface area contributed by atoms with E-state index in [1.807, 2.05) is 0 Å². The number of hydrogen-bond donors (Lipinski definition) is 0. The van der Waals surface area contributed by atoms with Crippen molar-refractivity contribution in [2.75, 3.05) is 0 Å². The molecule has 4 aliphatic carbocycles. The summed E-state index contributed by atoms with van der Waals surface area (Å²) in [6, 6.07) is 150. The Balaban J connectivity index is 0.000000103. The minimum absolute atomic E-state index is 0.262. The maximum Gasteiger partial charge on any atom is 0.0713 e. The van der Waals surface area contributed by atoms with Gasteiger partial charge in [0.05, 0.1) is 21.7 Å². The van der Waals surface area contributed by atoms with Gasteiger partial charge >= 0.3 is 0 Å². The first-order valence-electron chi connectivity index (χ1n) is 36.6. The van der Waals surface area contributed by atoms with Crippen LogP contribution in [-0.4, -0.2) is 0 Å². The van der Waals surface area contributed by atoms with Gasteiger partial charge in [-0.2, -0.15) is 0 Å². The monoisotopic (exact) mass is 1330 g/mol. The Labute approximate surface area is 613 Å². The molecule has 16 aromatic carbocycles. The average molecular weight is 1330 g/mol. The minimum atomic E-state index is -0.263. The van der Waals surface area contributed by atoms with Crippen LogP contribution < -0.4 is 0 Å². The van der Waals surface area contributed by atoms with E-state index in [0.717, 1.165) is 0 Å². The highest BCUT2D eigenvalue weighted by Crippen LogP contribution is 2.61. The second-order valence-corrected chi connectivity index (χ2v) is 28.2. The molecule has 4 aliphatic rings. The molecule has 0 aliphatic heterocycles. The lowest BCUT2D eigenvalue weighted by molar-refractivity contribution is 0.767. The van der Waals surface area contributed by atoms with Gasteiger partial charge in [0.2, 0.25) is 0 Å². The number of aryl methyl sites for hydroxylation is 4. The van der Waals surface area contributed by atoms with Gasteiger partial charge < -0.3 is 0 Å². The van der Waals surface area contributed by atoms with Crippen LogP contribution in [0, 0.1) is 27.7 Å². The second kappa shape index (κ2) is 27.1. The molecular weight excluding hydrogens is 1250 g/mol. The van der Waals surface area contributed by atoms with Crippen molar-refractivity contribution >= 4 is 0 Å². The number of rotatable bonds is 8. The molecular formula is C104H80. The molecule has 20 rings (SSSR count). The molecule has 0 heteroatoms. The average Bonchev–Trinajstić information content (AvgIpc) is 1.55. The van der Waals surface area contributed by atoms with Crippen molar-refractivity contribution < 1.29 is 0 Å². The molecule has 0 fully saturated rings. The van der Waals surface area contributed by atoms with Crippen molar-refractivity contribution in [1.29, 1.82) is 0 Å². The summed E-state index contributed by atoms with van der Waals surface area (Å²) in [6.07, 6.45) is 0. The van der Waals surface area contributed by atoms with Crippen LogP contribution in [0.5, 0.6) is 0 Å². The summed E-state index contributed by atoms with van der Waals surface area (Å²) >= 11 is 0. The van der Waals surface area contributed by atoms with E-state index < -0.39 is 0 Å². The van der Waals surface area contributed by atoms with Crippen molar-refractivity contribution in [3.8, 4) is 44.5 Å². The Kier molecular flexibility index (Phi) is 16.9. The standard InChI is InChI=1S/4C26H20/c2*1-19-11-10-18-24-25(19)22-16-8-9-17-23(22)26(24,20-12-4-2-5-13-20)21-14-6-3-7-15-21;1-19-16-17-25-23(18-19)22-14-8-9-15-24(22)26(25,20-10-4-2-5-11-20)21-12-6-3-7-13-21;1-19-16-17-23-22-14-8-9-15-24(22)26(25(23)18-19,20-10-4-2-5-11-20)21-12-6-3-7-13-21/h4*2-18H,1H3. The molecule has 0 unspecified atom stereocenters. The summed E-state index contributed by atoms with van der Waals surface area (Å²) in [5.74, 6) is 0. The fourth-order valence-electron chi connectivity index (χ4n) is 18.5. The first kappa shape index (κ1) is 64.9. The predicted molar refractivity (Wildman–Crippen MR) is 434 cm³/mol. The highest BCUT2D eigenvalue weighted by molar-refractivity contribution is 5.91. The van der Waals surface area contributed by atoms with Crippen LogP contribution in [0.15, 0.2) is 413 Å². The molecule has 0 saturated heterocycles. The molecule has 0 amide bonds. The SMILES string of the molecule is Cc1ccc2c(c1)-c1ccccc1C2(c1ccccc1)c1ccccc1.Cc1ccc2c(c1)C(c1ccccc1)(c1ccccc1)c1ccccc1-2.Cc1cccc2c1-c1ccccc1C2(c1ccccc1)c1ccccc1.Cc1cccc2c1-c1ccccc1C2(c1ccccc1)c1ccccc1. The lowest BCUT2D eigenvalue weighted by atomic mass is 9.67. The first-order valence-corrected chi connectivity index (χ1v) is 36.6. The molecule has 104 heavy (non-hydrogen) atoms. The zero-order valence-electron chi connectivity index (χ0n) is 59.3. The van der Waals surface area contributed by atoms with Gasteiger partial charge in [-0.3, -0.25) is 0 Å². The molecule has 0 nitrogen and oxygen atoms in total. The number of benzene rings is 16. The van der Waals surface area contributed by atoms with Gasteiger partial charge in [-0.1, -0.05) is 424 Å². The van der Waals surface area contributed by atoms with Crippen LogP contribution >= 0.6 is 0 Å². The molecule has 0 atom stereocenters. The van der Waals surface area contributed by atoms with E-state index >= 15 is 0 Å². The molecule has 0 radical (unpaired) electrons. The van der Waals surface area contributed by atoms with Crippen molar-refractivity contribution in [2.24, 2.45) is 0 Å². The van der Waals surface area contributed by atoms with E-state index in [1.54, 1.807) is 0 Å². The summed E-state index contributed by atoms with van der Waals surface area (Å²) in [7, 11) is 0. The first-order chi connectivity index (χ1) is 51.3. The fraction of sp³-hybridized carbons (Fsp3) is 0.0769. The molecule has 0 spiro atoms. The van der Waals surface area contributed by atoms with Crippen molar-refractivity contribution in [2.45, 2.75) is 49.4 Å². The molecule has 16 aromatic rings. The quantitative estimate of drug-likeness (QED) is 0.142. The summed E-state index contributed by atoms with van der Waals surface area (Å²) in [5.41, 5.74) is 36.7. The van der Waals surface area contributed by atoms with Gasteiger partial charge in [-0.25, -0.2) is 0 Å². The van der Waals surface area contributed by atoms with Gasteiger partial charge in [-0.05, 0) is 172 Å². The summed E-state index contributed by atoms with van der Waals surface area (Å²) in [6.45, 7) is 8.81. The highest BCUT2D eigenvalue weighted by Gasteiger charge is 2.50. The van der Waals surface area contributed by atoms with Crippen LogP contribution in [0.1, 0.15) is 111 Å². The Morgan fingerprint density at radius 3 is 0.702 bits per heavy atom. The highest BCUT2D eigenvalue weighted by atomic mass is 14.5. The summed E-state index contributed by atoms with van der Waals surface area (Å²) in [4.78, 5) is 0. The summed E-state index contributed by atoms with van der Waals surface area (Å²) < 4.78 is 0. The van der Waals surface area contributed by atoms with Crippen LogP contribution in [-0.2, 0) is 21.7 Å². The fourth-order valence-corrected chi connectivity index (χ4v) is 18.5. The third-order valence-electron chi connectivity index (χ3n) is 22.6. The van der Waals surface area contributed by atoms with E-state index in [-0.39, 0.29) is 21.7 Å². The minimum Gasteiger partial charge on any atom is -0.0622 e. The smallest absolute Gasteiger partial charge is 0.0622 e. The van der Waals surface area contributed by atoms with Gasteiger partial charge in [0.25, 0.3) is 0 Å². The van der Waals surface area contributed by atoms with E-state index in [0.29, 0.717) is 0 Å². The maximum absolute atomic E-state index is 2.37. The van der Waals surface area contributed by atoms with Crippen molar-refractivity contribution in [1.82, 2.24) is 0 Å². The number of hydrogen-bond acceptors (Lipinski definition) is 0. The van der Waals surface area contributed by atoms with Gasteiger partial charge in [0, 0.05) is 0 Å². The molecule has 0 aromatic heterocycles. The van der Waals surface area contributed by atoms with Crippen LogP contribution in [0.3, 0.4) is 0 Å². The third-order valence-corrected chi connectivity index (χ3v) is 22.6. The zero-order chi connectivity index (χ0) is 70.2. The van der Waals surface area contributed by atoms with Crippen LogP contribution in [0.25, 0.3) is 44.5 Å². The van der Waals surface area contributed by atoms with E-state index in [9.17, 15) is 0 Å². The molecule has 0 bridgehead atoms. The normalized spacial score (nSPS) is 13.9. The van der Waals surface area contributed by atoms with E-state index in [2.05, 4.69) is 440 Å². The molecule has 0 heterocycles. The van der Waals surface area contributed by atoms with Gasteiger partial charge in [-0.15, -0.1) is 0 Å². The van der Waals surface area contributed by atoms with E-state index in [4.69, 9.17) is 0 Å². The topological polar surface area (TPSA) is 0 Å². The Morgan fingerprint density at radius 1 is 0.144 bits per heavy atom. The summed E-state index contributed by atoms with van der Waals surface area (Å²) in [5, 5.41) is 0. The lowest BCUT2D eigenvalue weighted by Crippen LogP contribution is -2.28. The van der Waals surface area contributed by atoms with Gasteiger partial charge in [0.1, 0.15) is 0 Å². The Bertz CT molecular complexity index is 5290. The lowest BCUT2D eigenvalue weighted by Gasteiger charge is -2.34. The molecule has 0 N–H and O–H groups in total. The molecule has 496 valence electrons. The predicted octanol–water partition coefficient (Wildman–Crippen LogP) is 25.4.